The normalized spacial score (nSPS) is 14.4. The van der Waals surface area contributed by atoms with Crippen molar-refractivity contribution < 1.29 is 13.9 Å². The maximum atomic E-state index is 12.9. The van der Waals surface area contributed by atoms with Crippen LogP contribution < -0.4 is 10.2 Å². The molecule has 132 valence electrons. The van der Waals surface area contributed by atoms with Gasteiger partial charge in [-0.3, -0.25) is 4.79 Å². The number of hydrogen-bond donors (Lipinski definition) is 1. The minimum absolute atomic E-state index is 0.129. The Bertz CT molecular complexity index is 730. The Kier molecular flexibility index (Phi) is 5.55. The van der Waals surface area contributed by atoms with Gasteiger partial charge in [-0.05, 0) is 30.7 Å². The Morgan fingerprint density at radius 1 is 1.24 bits per heavy atom. The molecule has 0 atom stereocenters. The van der Waals surface area contributed by atoms with Gasteiger partial charge in [-0.2, -0.15) is 0 Å². The van der Waals surface area contributed by atoms with Gasteiger partial charge in [0.1, 0.15) is 5.82 Å². The summed E-state index contributed by atoms with van der Waals surface area (Å²) < 4.78 is 18.2. The molecule has 0 aliphatic carbocycles. The number of nitrogens with zero attached hydrogens (tertiary/aromatic N) is 3. The number of rotatable bonds is 5. The third kappa shape index (κ3) is 4.96. The molecule has 2 aromatic rings. The highest BCUT2D eigenvalue weighted by Gasteiger charge is 2.15. The van der Waals surface area contributed by atoms with Gasteiger partial charge in [0, 0.05) is 18.8 Å². The Morgan fingerprint density at radius 2 is 1.96 bits per heavy atom. The SMILES string of the molecule is Cc1cc(CNC(=O)Cc2ccc(F)cc2)nc(N2CCOCC2)n1. The molecule has 0 bridgehead atoms. The molecule has 1 N–H and O–H groups in total. The highest BCUT2D eigenvalue weighted by atomic mass is 19.1. The lowest BCUT2D eigenvalue weighted by Gasteiger charge is -2.27. The number of aromatic nitrogens is 2. The fourth-order valence-corrected chi connectivity index (χ4v) is 2.65. The number of morpholine rings is 1. The van der Waals surface area contributed by atoms with Crippen LogP contribution in [0.25, 0.3) is 0 Å². The molecular formula is C18H21FN4O2. The monoisotopic (exact) mass is 344 g/mol. The number of amides is 1. The van der Waals surface area contributed by atoms with Crippen molar-refractivity contribution in [3.05, 3.63) is 53.1 Å². The van der Waals surface area contributed by atoms with Crippen molar-refractivity contribution in [2.75, 3.05) is 31.2 Å². The zero-order valence-electron chi connectivity index (χ0n) is 14.2. The van der Waals surface area contributed by atoms with E-state index in [1.54, 1.807) is 12.1 Å². The first-order valence-electron chi connectivity index (χ1n) is 8.28. The molecule has 0 unspecified atom stereocenters. The summed E-state index contributed by atoms with van der Waals surface area (Å²) in [7, 11) is 0. The minimum atomic E-state index is -0.309. The molecule has 1 fully saturated rings. The van der Waals surface area contributed by atoms with E-state index in [0.717, 1.165) is 30.0 Å². The van der Waals surface area contributed by atoms with E-state index in [9.17, 15) is 9.18 Å². The predicted molar refractivity (Wildman–Crippen MR) is 91.8 cm³/mol. The van der Waals surface area contributed by atoms with Gasteiger partial charge in [-0.25, -0.2) is 14.4 Å². The predicted octanol–water partition coefficient (Wildman–Crippen LogP) is 1.62. The zero-order chi connectivity index (χ0) is 17.6. The molecule has 0 radical (unpaired) electrons. The quantitative estimate of drug-likeness (QED) is 0.893. The third-order valence-corrected chi connectivity index (χ3v) is 3.93. The lowest BCUT2D eigenvalue weighted by Crippen LogP contribution is -2.37. The molecule has 2 heterocycles. The van der Waals surface area contributed by atoms with Crippen LogP contribution in [-0.4, -0.2) is 42.2 Å². The summed E-state index contributed by atoms with van der Waals surface area (Å²) >= 11 is 0. The molecular weight excluding hydrogens is 323 g/mol. The number of carbonyl (C=O) groups is 1. The number of carbonyl (C=O) groups excluding carboxylic acids is 1. The number of nitrogens with one attached hydrogen (secondary N) is 1. The van der Waals surface area contributed by atoms with Crippen LogP contribution in [0.15, 0.2) is 30.3 Å². The number of aryl methyl sites for hydroxylation is 1. The van der Waals surface area contributed by atoms with Crippen LogP contribution in [0.5, 0.6) is 0 Å². The van der Waals surface area contributed by atoms with Crippen LogP contribution in [0.1, 0.15) is 17.0 Å². The molecule has 1 aromatic carbocycles. The van der Waals surface area contributed by atoms with Crippen molar-refractivity contribution in [3.63, 3.8) is 0 Å². The van der Waals surface area contributed by atoms with E-state index in [1.165, 1.54) is 12.1 Å². The summed E-state index contributed by atoms with van der Waals surface area (Å²) in [5.74, 6) is 0.234. The smallest absolute Gasteiger partial charge is 0.225 e. The molecule has 1 aliphatic rings. The highest BCUT2D eigenvalue weighted by Crippen LogP contribution is 2.12. The highest BCUT2D eigenvalue weighted by molar-refractivity contribution is 5.78. The average Bonchev–Trinajstić information content (AvgIpc) is 2.62. The molecule has 6 nitrogen and oxygen atoms in total. The first-order valence-corrected chi connectivity index (χ1v) is 8.28. The van der Waals surface area contributed by atoms with E-state index in [0.29, 0.717) is 25.7 Å². The maximum absolute atomic E-state index is 12.9. The van der Waals surface area contributed by atoms with E-state index in [-0.39, 0.29) is 18.1 Å². The summed E-state index contributed by atoms with van der Waals surface area (Å²) in [6.45, 7) is 5.11. The van der Waals surface area contributed by atoms with Gasteiger partial charge in [0.05, 0.1) is 31.9 Å². The molecule has 0 spiro atoms. The molecule has 7 heteroatoms. The molecule has 25 heavy (non-hydrogen) atoms. The Balaban J connectivity index is 1.59. The summed E-state index contributed by atoms with van der Waals surface area (Å²) in [4.78, 5) is 23.2. The van der Waals surface area contributed by atoms with E-state index < -0.39 is 0 Å². The second kappa shape index (κ2) is 8.02. The van der Waals surface area contributed by atoms with E-state index in [2.05, 4.69) is 20.2 Å². The number of benzene rings is 1. The topological polar surface area (TPSA) is 67.4 Å². The Morgan fingerprint density at radius 3 is 2.68 bits per heavy atom. The molecule has 1 aliphatic heterocycles. The van der Waals surface area contributed by atoms with Gasteiger partial charge in [0.2, 0.25) is 11.9 Å². The van der Waals surface area contributed by atoms with Gasteiger partial charge >= 0.3 is 0 Å². The lowest BCUT2D eigenvalue weighted by molar-refractivity contribution is -0.120. The van der Waals surface area contributed by atoms with Gasteiger partial charge in [0.15, 0.2) is 0 Å². The minimum Gasteiger partial charge on any atom is -0.378 e. The third-order valence-electron chi connectivity index (χ3n) is 3.93. The first-order chi connectivity index (χ1) is 12.1. The standard InChI is InChI=1S/C18H21FN4O2/c1-13-10-16(22-18(21-13)23-6-8-25-9-7-23)12-20-17(24)11-14-2-4-15(19)5-3-14/h2-5,10H,6-9,11-12H2,1H3,(H,20,24). The lowest BCUT2D eigenvalue weighted by atomic mass is 10.1. The fourth-order valence-electron chi connectivity index (χ4n) is 2.65. The van der Waals surface area contributed by atoms with Gasteiger partial charge < -0.3 is 15.0 Å². The van der Waals surface area contributed by atoms with Crippen molar-refractivity contribution in [2.24, 2.45) is 0 Å². The van der Waals surface area contributed by atoms with Crippen molar-refractivity contribution in [2.45, 2.75) is 19.9 Å². The van der Waals surface area contributed by atoms with E-state index in [4.69, 9.17) is 4.74 Å². The second-order valence-corrected chi connectivity index (χ2v) is 5.98. The zero-order valence-corrected chi connectivity index (χ0v) is 14.2. The van der Waals surface area contributed by atoms with E-state index >= 15 is 0 Å². The second-order valence-electron chi connectivity index (χ2n) is 5.98. The van der Waals surface area contributed by atoms with Crippen LogP contribution in [0.2, 0.25) is 0 Å². The van der Waals surface area contributed by atoms with Gasteiger partial charge in [-0.15, -0.1) is 0 Å². The van der Waals surface area contributed by atoms with Crippen molar-refractivity contribution >= 4 is 11.9 Å². The van der Waals surface area contributed by atoms with Crippen LogP contribution in [0, 0.1) is 12.7 Å². The number of ether oxygens (including phenoxy) is 1. The first kappa shape index (κ1) is 17.3. The van der Waals surface area contributed by atoms with Crippen molar-refractivity contribution in [1.82, 2.24) is 15.3 Å². The van der Waals surface area contributed by atoms with Gasteiger partial charge in [0.25, 0.3) is 0 Å². The molecule has 1 saturated heterocycles. The van der Waals surface area contributed by atoms with Crippen LogP contribution in [0.4, 0.5) is 10.3 Å². The summed E-state index contributed by atoms with van der Waals surface area (Å²) in [5, 5.41) is 2.85. The molecule has 1 amide bonds. The summed E-state index contributed by atoms with van der Waals surface area (Å²) in [6, 6.07) is 7.79. The summed E-state index contributed by atoms with van der Waals surface area (Å²) in [5.41, 5.74) is 2.40. The number of halogens is 1. The molecule has 1 aromatic heterocycles. The van der Waals surface area contributed by atoms with Crippen LogP contribution in [0.3, 0.4) is 0 Å². The maximum Gasteiger partial charge on any atom is 0.225 e. The average molecular weight is 344 g/mol. The van der Waals surface area contributed by atoms with Crippen molar-refractivity contribution in [1.29, 1.82) is 0 Å². The number of hydrogen-bond acceptors (Lipinski definition) is 5. The van der Waals surface area contributed by atoms with E-state index in [1.807, 2.05) is 13.0 Å². The fraction of sp³-hybridized carbons (Fsp3) is 0.389. The summed E-state index contributed by atoms with van der Waals surface area (Å²) in [6.07, 6.45) is 0.209. The van der Waals surface area contributed by atoms with Crippen molar-refractivity contribution in [3.8, 4) is 0 Å². The molecule has 0 saturated carbocycles. The Hall–Kier alpha value is -2.54. The van der Waals surface area contributed by atoms with Crippen LogP contribution in [-0.2, 0) is 22.5 Å². The Labute approximate surface area is 146 Å². The number of anilines is 1. The largest absolute Gasteiger partial charge is 0.378 e. The molecule has 3 rings (SSSR count). The van der Waals surface area contributed by atoms with Gasteiger partial charge in [-0.1, -0.05) is 12.1 Å². The van der Waals surface area contributed by atoms with Crippen LogP contribution >= 0.6 is 0 Å².